The number of halogens is 3. The third-order valence-corrected chi connectivity index (χ3v) is 4.83. The standard InChI is InChI=1S/C17H17BrF2N2O2/c18-12-1-4-16(23)22(10-12)11-17(24)5-7-21(8-6-17)15-3-2-13(19)9-14(15)20/h1-4,9-10,24H,5-8,11H2. The highest BCUT2D eigenvalue weighted by Gasteiger charge is 2.33. The van der Waals surface area contributed by atoms with Gasteiger partial charge in [-0.05, 0) is 47.0 Å². The Kier molecular flexibility index (Phi) is 4.73. The lowest BCUT2D eigenvalue weighted by atomic mass is 9.91. The van der Waals surface area contributed by atoms with Crippen LogP contribution in [-0.4, -0.2) is 28.4 Å². The third kappa shape index (κ3) is 3.67. The van der Waals surface area contributed by atoms with Crippen molar-refractivity contribution < 1.29 is 13.9 Å². The van der Waals surface area contributed by atoms with E-state index in [1.165, 1.54) is 22.8 Å². The normalized spacial score (nSPS) is 17.1. The quantitative estimate of drug-likeness (QED) is 0.864. The summed E-state index contributed by atoms with van der Waals surface area (Å²) in [4.78, 5) is 13.7. The summed E-state index contributed by atoms with van der Waals surface area (Å²) in [6.07, 6.45) is 2.43. The van der Waals surface area contributed by atoms with E-state index in [1.807, 2.05) is 0 Å². The first kappa shape index (κ1) is 17.1. The molecular formula is C17H17BrF2N2O2. The first-order valence-corrected chi connectivity index (χ1v) is 8.44. The van der Waals surface area contributed by atoms with Crippen LogP contribution in [0, 0.1) is 11.6 Å². The molecule has 2 aromatic rings. The van der Waals surface area contributed by atoms with Crippen LogP contribution in [0.25, 0.3) is 0 Å². The van der Waals surface area contributed by atoms with Crippen LogP contribution >= 0.6 is 15.9 Å². The lowest BCUT2D eigenvalue weighted by Gasteiger charge is -2.39. The maximum atomic E-state index is 13.9. The highest BCUT2D eigenvalue weighted by molar-refractivity contribution is 9.10. The van der Waals surface area contributed by atoms with E-state index in [1.54, 1.807) is 17.2 Å². The lowest BCUT2D eigenvalue weighted by Crippen LogP contribution is -2.48. The fourth-order valence-electron chi connectivity index (χ4n) is 3.00. The highest BCUT2D eigenvalue weighted by Crippen LogP contribution is 2.29. The molecule has 1 N–H and O–H groups in total. The molecule has 0 radical (unpaired) electrons. The number of pyridine rings is 1. The van der Waals surface area contributed by atoms with Crippen molar-refractivity contribution in [1.29, 1.82) is 0 Å². The molecule has 0 saturated carbocycles. The molecule has 0 aliphatic carbocycles. The number of aromatic nitrogens is 1. The predicted octanol–water partition coefficient (Wildman–Crippen LogP) is 2.92. The van der Waals surface area contributed by atoms with Crippen LogP contribution in [-0.2, 0) is 6.54 Å². The van der Waals surface area contributed by atoms with E-state index >= 15 is 0 Å². The molecule has 1 fully saturated rings. The third-order valence-electron chi connectivity index (χ3n) is 4.36. The number of piperidine rings is 1. The Labute approximate surface area is 146 Å². The van der Waals surface area contributed by atoms with Crippen molar-refractivity contribution >= 4 is 21.6 Å². The number of benzene rings is 1. The highest BCUT2D eigenvalue weighted by atomic mass is 79.9. The second-order valence-corrected chi connectivity index (χ2v) is 7.04. The van der Waals surface area contributed by atoms with Crippen LogP contribution < -0.4 is 10.5 Å². The van der Waals surface area contributed by atoms with E-state index in [0.717, 1.165) is 10.5 Å². The van der Waals surface area contributed by atoms with Gasteiger partial charge in [0.15, 0.2) is 0 Å². The largest absolute Gasteiger partial charge is 0.388 e. The molecule has 0 spiro atoms. The Morgan fingerprint density at radius 1 is 1.17 bits per heavy atom. The molecule has 0 atom stereocenters. The van der Waals surface area contributed by atoms with Crippen molar-refractivity contribution in [2.45, 2.75) is 25.0 Å². The molecule has 2 heterocycles. The van der Waals surface area contributed by atoms with E-state index in [4.69, 9.17) is 0 Å². The van der Waals surface area contributed by atoms with Crippen LogP contribution in [0.5, 0.6) is 0 Å². The molecule has 1 aliphatic heterocycles. The lowest BCUT2D eigenvalue weighted by molar-refractivity contribution is -0.00103. The molecule has 1 aromatic heterocycles. The molecule has 0 unspecified atom stereocenters. The summed E-state index contributed by atoms with van der Waals surface area (Å²) in [5.74, 6) is -1.22. The Morgan fingerprint density at radius 2 is 1.88 bits per heavy atom. The van der Waals surface area contributed by atoms with Gasteiger partial charge in [-0.25, -0.2) is 8.78 Å². The smallest absolute Gasteiger partial charge is 0.250 e. The average molecular weight is 399 g/mol. The van der Waals surface area contributed by atoms with Gasteiger partial charge in [0.25, 0.3) is 5.56 Å². The van der Waals surface area contributed by atoms with E-state index in [9.17, 15) is 18.7 Å². The number of hydrogen-bond acceptors (Lipinski definition) is 3. The molecule has 0 amide bonds. The molecule has 3 rings (SSSR count). The van der Waals surface area contributed by atoms with Crippen molar-refractivity contribution in [3.8, 4) is 0 Å². The van der Waals surface area contributed by atoms with E-state index < -0.39 is 17.2 Å². The topological polar surface area (TPSA) is 45.5 Å². The van der Waals surface area contributed by atoms with Crippen LogP contribution in [0.2, 0.25) is 0 Å². The zero-order valence-electron chi connectivity index (χ0n) is 12.9. The van der Waals surface area contributed by atoms with Gasteiger partial charge in [0.2, 0.25) is 0 Å². The maximum absolute atomic E-state index is 13.9. The molecule has 1 aromatic carbocycles. The second kappa shape index (κ2) is 6.64. The zero-order valence-corrected chi connectivity index (χ0v) is 14.5. The van der Waals surface area contributed by atoms with Crippen LogP contribution in [0.15, 0.2) is 45.8 Å². The zero-order chi connectivity index (χ0) is 17.3. The van der Waals surface area contributed by atoms with Crippen molar-refractivity contribution in [2.24, 2.45) is 0 Å². The van der Waals surface area contributed by atoms with Crippen molar-refractivity contribution in [2.75, 3.05) is 18.0 Å². The Hall–Kier alpha value is -1.73. The molecule has 4 nitrogen and oxygen atoms in total. The Morgan fingerprint density at radius 3 is 2.54 bits per heavy atom. The van der Waals surface area contributed by atoms with Crippen molar-refractivity contribution in [3.63, 3.8) is 0 Å². The molecule has 1 aliphatic rings. The van der Waals surface area contributed by atoms with Crippen molar-refractivity contribution in [3.05, 3.63) is 63.0 Å². The Bertz CT molecular complexity index is 801. The number of hydrogen-bond donors (Lipinski definition) is 1. The maximum Gasteiger partial charge on any atom is 0.250 e. The van der Waals surface area contributed by atoms with Gasteiger partial charge in [-0.15, -0.1) is 0 Å². The van der Waals surface area contributed by atoms with Crippen LogP contribution in [0.1, 0.15) is 12.8 Å². The SMILES string of the molecule is O=c1ccc(Br)cn1CC1(O)CCN(c2ccc(F)cc2F)CC1. The number of aliphatic hydroxyl groups is 1. The van der Waals surface area contributed by atoms with Crippen molar-refractivity contribution in [1.82, 2.24) is 4.57 Å². The van der Waals surface area contributed by atoms with Gasteiger partial charge in [0, 0.05) is 35.9 Å². The van der Waals surface area contributed by atoms with Gasteiger partial charge < -0.3 is 14.6 Å². The molecule has 0 bridgehead atoms. The van der Waals surface area contributed by atoms with Gasteiger partial charge in [0.05, 0.1) is 17.8 Å². The average Bonchev–Trinajstić information content (AvgIpc) is 2.52. The summed E-state index contributed by atoms with van der Waals surface area (Å²) in [5, 5.41) is 10.8. The van der Waals surface area contributed by atoms with E-state index in [0.29, 0.717) is 31.6 Å². The number of rotatable bonds is 3. The Balaban J connectivity index is 1.71. The van der Waals surface area contributed by atoms with Crippen LogP contribution in [0.3, 0.4) is 0 Å². The summed E-state index contributed by atoms with van der Waals surface area (Å²) in [6, 6.07) is 6.59. The van der Waals surface area contributed by atoms with Gasteiger partial charge >= 0.3 is 0 Å². The monoisotopic (exact) mass is 398 g/mol. The second-order valence-electron chi connectivity index (χ2n) is 6.12. The minimum atomic E-state index is -1.03. The first-order chi connectivity index (χ1) is 11.4. The summed E-state index contributed by atoms with van der Waals surface area (Å²) in [7, 11) is 0. The van der Waals surface area contributed by atoms with Gasteiger partial charge in [0.1, 0.15) is 11.6 Å². The molecular weight excluding hydrogens is 382 g/mol. The molecule has 1 saturated heterocycles. The van der Waals surface area contributed by atoms with Crippen LogP contribution in [0.4, 0.5) is 14.5 Å². The fraction of sp³-hybridized carbons (Fsp3) is 0.353. The minimum Gasteiger partial charge on any atom is -0.388 e. The molecule has 24 heavy (non-hydrogen) atoms. The summed E-state index contributed by atoms with van der Waals surface area (Å²) < 4.78 is 29.1. The summed E-state index contributed by atoms with van der Waals surface area (Å²) in [5.41, 5.74) is -0.880. The summed E-state index contributed by atoms with van der Waals surface area (Å²) >= 11 is 3.31. The minimum absolute atomic E-state index is 0.182. The predicted molar refractivity (Wildman–Crippen MR) is 91.2 cm³/mol. The molecule has 7 heteroatoms. The summed E-state index contributed by atoms with van der Waals surface area (Å²) in [6.45, 7) is 1.05. The number of nitrogens with zero attached hydrogens (tertiary/aromatic N) is 2. The van der Waals surface area contributed by atoms with Gasteiger partial charge in [-0.1, -0.05) is 0 Å². The van der Waals surface area contributed by atoms with Gasteiger partial charge in [-0.3, -0.25) is 4.79 Å². The molecule has 128 valence electrons. The first-order valence-electron chi connectivity index (χ1n) is 7.65. The van der Waals surface area contributed by atoms with E-state index in [2.05, 4.69) is 15.9 Å². The fourth-order valence-corrected chi connectivity index (χ4v) is 3.38. The number of anilines is 1. The van der Waals surface area contributed by atoms with Gasteiger partial charge in [-0.2, -0.15) is 0 Å². The van der Waals surface area contributed by atoms with E-state index in [-0.39, 0.29) is 12.1 Å².